The lowest BCUT2D eigenvalue weighted by atomic mass is 9.94. The van der Waals surface area contributed by atoms with E-state index in [2.05, 4.69) is 69.9 Å². The number of aromatic nitrogens is 3. The maximum Gasteiger partial charge on any atom is 0.156 e. The van der Waals surface area contributed by atoms with E-state index in [1.165, 1.54) is 11.1 Å². The van der Waals surface area contributed by atoms with E-state index < -0.39 is 0 Å². The molecule has 2 aromatic heterocycles. The number of aryl methyl sites for hydroxylation is 1. The number of ether oxygens (including phenoxy) is 1. The molecular weight excluding hydrogens is 372 g/mol. The minimum absolute atomic E-state index is 0.128. The lowest BCUT2D eigenvalue weighted by Crippen LogP contribution is -2.33. The third-order valence-electron chi connectivity index (χ3n) is 5.77. The average Bonchev–Trinajstić information content (AvgIpc) is 2.79. The molecule has 1 N–H and O–H groups in total. The second-order valence-electron chi connectivity index (χ2n) is 7.90. The van der Waals surface area contributed by atoms with Gasteiger partial charge in [0, 0.05) is 28.6 Å². The third kappa shape index (κ3) is 3.47. The van der Waals surface area contributed by atoms with E-state index in [-0.39, 0.29) is 12.0 Å². The number of nitrogens with one attached hydrogen (secondary N) is 1. The number of benzene rings is 2. The number of fused-ring (bicyclic) bond motifs is 2. The highest BCUT2D eigenvalue weighted by molar-refractivity contribution is 5.93. The van der Waals surface area contributed by atoms with E-state index in [1.54, 1.807) is 0 Å². The Bertz CT molecular complexity index is 1210. The Morgan fingerprint density at radius 1 is 1.00 bits per heavy atom. The van der Waals surface area contributed by atoms with Crippen molar-refractivity contribution in [2.24, 2.45) is 0 Å². The zero-order chi connectivity index (χ0) is 20.5. The number of hydrogen-bond donors (Lipinski definition) is 1. The molecule has 0 saturated carbocycles. The molecule has 3 heterocycles. The van der Waals surface area contributed by atoms with Gasteiger partial charge in [-0.3, -0.25) is 4.98 Å². The third-order valence-corrected chi connectivity index (χ3v) is 5.77. The normalized spacial score (nSPS) is 16.5. The van der Waals surface area contributed by atoms with Crippen LogP contribution in [0.3, 0.4) is 0 Å². The summed E-state index contributed by atoms with van der Waals surface area (Å²) in [5.41, 5.74) is 4.40. The minimum Gasteiger partial charge on any atom is -0.491 e. The fraction of sp³-hybridized carbons (Fsp3) is 0.240. The van der Waals surface area contributed by atoms with E-state index in [0.717, 1.165) is 40.1 Å². The van der Waals surface area contributed by atoms with E-state index >= 15 is 0 Å². The first-order valence-corrected chi connectivity index (χ1v) is 10.3. The summed E-state index contributed by atoms with van der Waals surface area (Å²) in [5, 5.41) is 15.0. The number of para-hydroxylation sites is 1. The van der Waals surface area contributed by atoms with Gasteiger partial charge in [-0.1, -0.05) is 49.4 Å². The Morgan fingerprint density at radius 2 is 1.80 bits per heavy atom. The lowest BCUT2D eigenvalue weighted by molar-refractivity contribution is 0.272. The van der Waals surface area contributed by atoms with Gasteiger partial charge in [0.05, 0.1) is 11.7 Å². The van der Waals surface area contributed by atoms with Crippen LogP contribution < -0.4 is 10.1 Å². The first-order valence-electron chi connectivity index (χ1n) is 10.3. The van der Waals surface area contributed by atoms with Gasteiger partial charge in [0.15, 0.2) is 5.82 Å². The summed E-state index contributed by atoms with van der Waals surface area (Å²) in [6.45, 7) is 4.79. The van der Waals surface area contributed by atoms with Crippen molar-refractivity contribution in [3.05, 3.63) is 89.4 Å². The smallest absolute Gasteiger partial charge is 0.156 e. The Morgan fingerprint density at radius 3 is 2.67 bits per heavy atom. The maximum absolute atomic E-state index is 5.93. The van der Waals surface area contributed by atoms with Crippen LogP contribution in [0, 0.1) is 6.92 Å². The van der Waals surface area contributed by atoms with Crippen LogP contribution in [-0.4, -0.2) is 27.8 Å². The van der Waals surface area contributed by atoms with Gasteiger partial charge in [0.1, 0.15) is 12.4 Å². The van der Waals surface area contributed by atoms with Crippen molar-refractivity contribution in [2.45, 2.75) is 32.2 Å². The van der Waals surface area contributed by atoms with Crippen LogP contribution >= 0.6 is 0 Å². The van der Waals surface area contributed by atoms with Crippen molar-refractivity contribution in [2.75, 3.05) is 11.9 Å². The molecule has 1 aliphatic heterocycles. The number of anilines is 1. The van der Waals surface area contributed by atoms with Crippen molar-refractivity contribution in [1.29, 1.82) is 0 Å². The summed E-state index contributed by atoms with van der Waals surface area (Å²) in [5.74, 6) is 1.91. The van der Waals surface area contributed by atoms with Gasteiger partial charge in [-0.05, 0) is 42.7 Å². The van der Waals surface area contributed by atoms with Gasteiger partial charge in [0.2, 0.25) is 0 Å². The van der Waals surface area contributed by atoms with Gasteiger partial charge >= 0.3 is 0 Å². The summed E-state index contributed by atoms with van der Waals surface area (Å²) >= 11 is 0. The van der Waals surface area contributed by atoms with Gasteiger partial charge < -0.3 is 10.1 Å². The number of hydrogen-bond acceptors (Lipinski definition) is 5. The van der Waals surface area contributed by atoms with Crippen LogP contribution in [0.1, 0.15) is 35.4 Å². The number of rotatable bonds is 4. The highest BCUT2D eigenvalue weighted by Gasteiger charge is 2.22. The fourth-order valence-electron chi connectivity index (χ4n) is 4.16. The Kier molecular flexibility index (Phi) is 4.79. The quantitative estimate of drug-likeness (QED) is 0.532. The van der Waals surface area contributed by atoms with E-state index in [1.807, 2.05) is 31.3 Å². The lowest BCUT2D eigenvalue weighted by Gasteiger charge is -2.27. The van der Waals surface area contributed by atoms with Crippen LogP contribution in [-0.2, 0) is 6.42 Å². The van der Waals surface area contributed by atoms with Gasteiger partial charge in [-0.25, -0.2) is 0 Å². The molecule has 0 radical (unpaired) electrons. The predicted octanol–water partition coefficient (Wildman–Crippen LogP) is 4.90. The van der Waals surface area contributed by atoms with Crippen LogP contribution in [0.5, 0.6) is 5.75 Å². The summed E-state index contributed by atoms with van der Waals surface area (Å²) in [6, 6.07) is 20.9. The summed E-state index contributed by atoms with van der Waals surface area (Å²) < 4.78 is 5.93. The fourth-order valence-corrected chi connectivity index (χ4v) is 4.16. The second-order valence-corrected chi connectivity index (χ2v) is 7.90. The molecule has 1 aliphatic rings. The van der Waals surface area contributed by atoms with E-state index in [4.69, 9.17) is 4.74 Å². The topological polar surface area (TPSA) is 59.9 Å². The molecule has 0 bridgehead atoms. The molecule has 2 aromatic carbocycles. The molecule has 0 aliphatic carbocycles. The van der Waals surface area contributed by atoms with Gasteiger partial charge in [-0.15, -0.1) is 5.10 Å². The molecule has 2 unspecified atom stereocenters. The molecule has 0 amide bonds. The molecule has 5 heteroatoms. The van der Waals surface area contributed by atoms with Crippen molar-refractivity contribution >= 4 is 16.6 Å². The number of nitrogens with zero attached hydrogens (tertiary/aromatic N) is 3. The monoisotopic (exact) mass is 396 g/mol. The zero-order valence-corrected chi connectivity index (χ0v) is 17.2. The Labute approximate surface area is 176 Å². The maximum atomic E-state index is 5.93. The molecule has 0 fully saturated rings. The molecule has 4 aromatic rings. The van der Waals surface area contributed by atoms with Crippen LogP contribution in [0.15, 0.2) is 66.9 Å². The highest BCUT2D eigenvalue weighted by atomic mass is 16.5. The first-order chi connectivity index (χ1) is 14.7. The van der Waals surface area contributed by atoms with Crippen molar-refractivity contribution in [3.63, 3.8) is 0 Å². The molecule has 2 atom stereocenters. The van der Waals surface area contributed by atoms with Gasteiger partial charge in [-0.2, -0.15) is 5.10 Å². The Balaban J connectivity index is 1.47. The number of pyridine rings is 1. The molecule has 0 saturated heterocycles. The van der Waals surface area contributed by atoms with Crippen molar-refractivity contribution < 1.29 is 4.74 Å². The molecule has 5 rings (SSSR count). The highest BCUT2D eigenvalue weighted by Crippen LogP contribution is 2.32. The SMILES string of the molecule is Cc1cc(C(C)c2nnc(NC3COc4ccccc4C3)c3ccccc23)ccn1. The first kappa shape index (κ1) is 18.6. The summed E-state index contributed by atoms with van der Waals surface area (Å²) in [7, 11) is 0. The second kappa shape index (κ2) is 7.75. The van der Waals surface area contributed by atoms with E-state index in [9.17, 15) is 0 Å². The summed E-state index contributed by atoms with van der Waals surface area (Å²) in [4.78, 5) is 4.32. The standard InChI is InChI=1S/C25H24N4O/c1-16-13-18(11-12-26-16)17(2)24-21-8-4-5-9-22(21)25(29-28-24)27-20-14-19-7-3-6-10-23(19)30-15-20/h3-13,17,20H,14-15H2,1-2H3,(H,27,29). The predicted molar refractivity (Wildman–Crippen MR) is 119 cm³/mol. The molecule has 5 nitrogen and oxygen atoms in total. The van der Waals surface area contributed by atoms with Crippen molar-refractivity contribution in [1.82, 2.24) is 15.2 Å². The Hall–Kier alpha value is -3.47. The van der Waals surface area contributed by atoms with Crippen LogP contribution in [0.25, 0.3) is 10.8 Å². The molecule has 0 spiro atoms. The largest absolute Gasteiger partial charge is 0.491 e. The van der Waals surface area contributed by atoms with Crippen LogP contribution in [0.4, 0.5) is 5.82 Å². The van der Waals surface area contributed by atoms with E-state index in [0.29, 0.717) is 6.61 Å². The van der Waals surface area contributed by atoms with Crippen LogP contribution in [0.2, 0.25) is 0 Å². The average molecular weight is 396 g/mol. The molecular formula is C25H24N4O. The zero-order valence-electron chi connectivity index (χ0n) is 17.2. The van der Waals surface area contributed by atoms with Gasteiger partial charge in [0.25, 0.3) is 0 Å². The summed E-state index contributed by atoms with van der Waals surface area (Å²) in [6.07, 6.45) is 2.76. The molecule has 150 valence electrons. The minimum atomic E-state index is 0.128. The van der Waals surface area contributed by atoms with Crippen molar-refractivity contribution in [3.8, 4) is 5.75 Å². The molecule has 30 heavy (non-hydrogen) atoms.